The van der Waals surface area contributed by atoms with Crippen molar-refractivity contribution in [3.8, 4) is 0 Å². The molecule has 0 amide bonds. The average molecular weight is 301 g/mol. The number of hydrogen-bond donors (Lipinski definition) is 1. The van der Waals surface area contributed by atoms with Gasteiger partial charge in [-0.15, -0.1) is 0 Å². The van der Waals surface area contributed by atoms with Crippen LogP contribution in [0.1, 0.15) is 37.3 Å². The molecule has 0 atom stereocenters. The number of rotatable bonds is 3. The summed E-state index contributed by atoms with van der Waals surface area (Å²) in [5, 5.41) is 3.13. The minimum absolute atomic E-state index is 0.203. The zero-order valence-corrected chi connectivity index (χ0v) is 11.8. The second-order valence-electron chi connectivity index (χ2n) is 5.15. The van der Waals surface area contributed by atoms with E-state index in [0.29, 0.717) is 31.5 Å². The predicted molar refractivity (Wildman–Crippen MR) is 71.6 cm³/mol. The largest absolute Gasteiger partial charge is 0.454 e. The minimum atomic E-state index is -4.40. The Hall–Kier alpha value is -1.56. The highest BCUT2D eigenvalue weighted by atomic mass is 19.4. The number of halogens is 3. The molecule has 3 nitrogen and oxygen atoms in total. The van der Waals surface area contributed by atoms with E-state index in [0.717, 1.165) is 12.1 Å². The van der Waals surface area contributed by atoms with Gasteiger partial charge in [-0.05, 0) is 30.8 Å². The Balaban J connectivity index is 2.39. The van der Waals surface area contributed by atoms with Gasteiger partial charge < -0.3 is 10.1 Å². The number of carbonyl (C=O) groups excluding carboxylic acids is 1. The van der Waals surface area contributed by atoms with Gasteiger partial charge in [0.25, 0.3) is 0 Å². The lowest BCUT2D eigenvalue weighted by Crippen LogP contribution is -2.43. The molecule has 21 heavy (non-hydrogen) atoms. The van der Waals surface area contributed by atoms with Crippen LogP contribution in [0.5, 0.6) is 0 Å². The molecule has 1 N–H and O–H groups in total. The van der Waals surface area contributed by atoms with E-state index < -0.39 is 23.3 Å². The average Bonchev–Trinajstić information content (AvgIpc) is 2.47. The molecular formula is C15H18F3NO2. The molecule has 1 saturated heterocycles. The molecular weight excluding hydrogens is 283 g/mol. The van der Waals surface area contributed by atoms with Crippen LogP contribution in [0.25, 0.3) is 0 Å². The highest BCUT2D eigenvalue weighted by Gasteiger charge is 2.39. The topological polar surface area (TPSA) is 38.3 Å². The maximum Gasteiger partial charge on any atom is 0.416 e. The lowest BCUT2D eigenvalue weighted by atomic mass is 9.84. The van der Waals surface area contributed by atoms with Crippen LogP contribution in [0, 0.1) is 0 Å². The minimum Gasteiger partial charge on any atom is -0.454 e. The van der Waals surface area contributed by atoms with Crippen LogP contribution in [-0.2, 0) is 21.3 Å². The van der Waals surface area contributed by atoms with Gasteiger partial charge in [-0.3, -0.25) is 4.79 Å². The lowest BCUT2D eigenvalue weighted by Gasteiger charge is -2.37. The maximum absolute atomic E-state index is 12.9. The second-order valence-corrected chi connectivity index (χ2v) is 5.15. The van der Waals surface area contributed by atoms with Crippen molar-refractivity contribution >= 4 is 5.97 Å². The summed E-state index contributed by atoms with van der Waals surface area (Å²) in [5.74, 6) is -0.394. The van der Waals surface area contributed by atoms with Crippen molar-refractivity contribution in [2.75, 3.05) is 13.1 Å². The number of benzene rings is 1. The summed E-state index contributed by atoms with van der Waals surface area (Å²) in [6.07, 6.45) is -3.26. The Labute approximate surface area is 121 Å². The standard InChI is InChI=1S/C15H18F3NO2/c1-2-13(20)21-14(6-8-19-9-7-14)11-4-3-5-12(10-11)15(16,17)18/h3-5,10,19H,2,6-9H2,1H3. The maximum atomic E-state index is 12.9. The zero-order valence-electron chi connectivity index (χ0n) is 11.8. The molecule has 1 aliphatic rings. The fourth-order valence-electron chi connectivity index (χ4n) is 2.55. The van der Waals surface area contributed by atoms with Crippen LogP contribution >= 0.6 is 0 Å². The van der Waals surface area contributed by atoms with Crippen molar-refractivity contribution in [2.45, 2.75) is 38.0 Å². The number of esters is 1. The van der Waals surface area contributed by atoms with Gasteiger partial charge in [-0.2, -0.15) is 13.2 Å². The molecule has 1 fully saturated rings. The van der Waals surface area contributed by atoms with Crippen LogP contribution in [0.15, 0.2) is 24.3 Å². The third kappa shape index (κ3) is 3.56. The normalized spacial score (nSPS) is 18.3. The molecule has 6 heteroatoms. The molecule has 0 saturated carbocycles. The third-order valence-electron chi connectivity index (χ3n) is 3.73. The van der Waals surface area contributed by atoms with Gasteiger partial charge in [0.1, 0.15) is 5.60 Å². The van der Waals surface area contributed by atoms with E-state index in [-0.39, 0.29) is 6.42 Å². The van der Waals surface area contributed by atoms with Crippen molar-refractivity contribution in [1.82, 2.24) is 5.32 Å². The third-order valence-corrected chi connectivity index (χ3v) is 3.73. The highest BCUT2D eigenvalue weighted by Crippen LogP contribution is 2.38. The summed E-state index contributed by atoms with van der Waals surface area (Å²) in [7, 11) is 0. The summed E-state index contributed by atoms with van der Waals surface area (Å²) in [6.45, 7) is 2.88. The van der Waals surface area contributed by atoms with Gasteiger partial charge in [0, 0.05) is 19.3 Å². The fraction of sp³-hybridized carbons (Fsp3) is 0.533. The molecule has 2 rings (SSSR count). The number of carbonyl (C=O) groups is 1. The molecule has 0 aromatic heterocycles. The van der Waals surface area contributed by atoms with E-state index in [1.807, 2.05) is 0 Å². The predicted octanol–water partition coefficient (Wildman–Crippen LogP) is 3.24. The van der Waals surface area contributed by atoms with Crippen LogP contribution in [0.2, 0.25) is 0 Å². The summed E-state index contributed by atoms with van der Waals surface area (Å²) in [4.78, 5) is 11.7. The van der Waals surface area contributed by atoms with Gasteiger partial charge in [0.05, 0.1) is 5.56 Å². The smallest absolute Gasteiger partial charge is 0.416 e. The molecule has 0 bridgehead atoms. The highest BCUT2D eigenvalue weighted by molar-refractivity contribution is 5.69. The number of hydrogen-bond acceptors (Lipinski definition) is 3. The summed E-state index contributed by atoms with van der Waals surface area (Å²) < 4.78 is 44.1. The molecule has 1 aromatic rings. The molecule has 116 valence electrons. The molecule has 1 aliphatic heterocycles. The monoisotopic (exact) mass is 301 g/mol. The second kappa shape index (κ2) is 6.05. The Bertz CT molecular complexity index is 508. The molecule has 0 unspecified atom stereocenters. The zero-order chi connectivity index (χ0) is 15.5. The number of piperidine rings is 1. The van der Waals surface area contributed by atoms with Gasteiger partial charge in [0.15, 0.2) is 0 Å². The molecule has 0 spiro atoms. The van der Waals surface area contributed by atoms with Crippen LogP contribution < -0.4 is 5.32 Å². The van der Waals surface area contributed by atoms with Crippen LogP contribution in [0.3, 0.4) is 0 Å². The van der Waals surface area contributed by atoms with Crippen molar-refractivity contribution in [2.24, 2.45) is 0 Å². The molecule has 0 radical (unpaired) electrons. The SMILES string of the molecule is CCC(=O)OC1(c2cccc(C(F)(F)F)c2)CCNCC1. The van der Waals surface area contributed by atoms with Crippen LogP contribution in [0.4, 0.5) is 13.2 Å². The quantitative estimate of drug-likeness (QED) is 0.871. The first kappa shape index (κ1) is 15.8. The molecule has 1 heterocycles. The van der Waals surface area contributed by atoms with E-state index in [1.54, 1.807) is 13.0 Å². The first-order valence-corrected chi connectivity index (χ1v) is 6.98. The van der Waals surface area contributed by atoms with E-state index in [1.165, 1.54) is 6.07 Å². The molecule has 0 aliphatic carbocycles. The number of alkyl halides is 3. The van der Waals surface area contributed by atoms with Gasteiger partial charge in [-0.1, -0.05) is 19.1 Å². The van der Waals surface area contributed by atoms with Gasteiger partial charge in [0.2, 0.25) is 0 Å². The first-order chi connectivity index (χ1) is 9.87. The van der Waals surface area contributed by atoms with Crippen molar-refractivity contribution in [3.05, 3.63) is 35.4 Å². The summed E-state index contributed by atoms with van der Waals surface area (Å²) >= 11 is 0. The first-order valence-electron chi connectivity index (χ1n) is 6.98. The Morgan fingerprint density at radius 3 is 2.57 bits per heavy atom. The summed E-state index contributed by atoms with van der Waals surface area (Å²) in [5.41, 5.74) is -1.26. The van der Waals surface area contributed by atoms with E-state index in [9.17, 15) is 18.0 Å². The summed E-state index contributed by atoms with van der Waals surface area (Å²) in [6, 6.07) is 5.08. The van der Waals surface area contributed by atoms with Crippen molar-refractivity contribution in [1.29, 1.82) is 0 Å². The van der Waals surface area contributed by atoms with Gasteiger partial charge in [-0.25, -0.2) is 0 Å². The van der Waals surface area contributed by atoms with E-state index in [2.05, 4.69) is 5.32 Å². The number of ether oxygens (including phenoxy) is 1. The molecule has 1 aromatic carbocycles. The van der Waals surface area contributed by atoms with Gasteiger partial charge >= 0.3 is 12.1 Å². The van der Waals surface area contributed by atoms with Crippen molar-refractivity contribution < 1.29 is 22.7 Å². The lowest BCUT2D eigenvalue weighted by molar-refractivity contribution is -0.164. The Morgan fingerprint density at radius 1 is 1.33 bits per heavy atom. The van der Waals surface area contributed by atoms with Crippen LogP contribution in [-0.4, -0.2) is 19.1 Å². The Kier molecular flexibility index (Phi) is 4.56. The number of nitrogens with one attached hydrogen (secondary N) is 1. The Morgan fingerprint density at radius 2 is 2.00 bits per heavy atom. The van der Waals surface area contributed by atoms with E-state index >= 15 is 0 Å². The fourth-order valence-corrected chi connectivity index (χ4v) is 2.55. The van der Waals surface area contributed by atoms with Crippen molar-refractivity contribution in [3.63, 3.8) is 0 Å². The van der Waals surface area contributed by atoms with E-state index in [4.69, 9.17) is 4.74 Å².